The van der Waals surface area contributed by atoms with E-state index in [4.69, 9.17) is 12.2 Å². The van der Waals surface area contributed by atoms with Gasteiger partial charge in [-0.25, -0.2) is 0 Å². The molecule has 0 unspecified atom stereocenters. The van der Waals surface area contributed by atoms with Crippen molar-refractivity contribution in [2.24, 2.45) is 5.73 Å². The molecule has 0 radical (unpaired) electrons. The standard InChI is InChI=1S/C5H11NO2S/c1-2-5(6,3-9)4(7)8/h9H,2-3,6H2,1H3,(H,7,8)/t5-/m0/s1/i1D. The average molecular weight is 150 g/mol. The lowest BCUT2D eigenvalue weighted by Crippen LogP contribution is -2.49. The summed E-state index contributed by atoms with van der Waals surface area (Å²) in [5.41, 5.74) is 4.04. The highest BCUT2D eigenvalue weighted by Gasteiger charge is 2.29. The zero-order chi connectivity index (χ0) is 8.20. The van der Waals surface area contributed by atoms with Crippen molar-refractivity contribution in [3.05, 3.63) is 0 Å². The van der Waals surface area contributed by atoms with Crippen LogP contribution in [0.15, 0.2) is 0 Å². The molecule has 9 heavy (non-hydrogen) atoms. The Hall–Kier alpha value is -0.220. The highest BCUT2D eigenvalue weighted by molar-refractivity contribution is 7.80. The Morgan fingerprint density at radius 2 is 2.67 bits per heavy atom. The highest BCUT2D eigenvalue weighted by atomic mass is 32.1. The normalized spacial score (nSPS) is 18.2. The van der Waals surface area contributed by atoms with E-state index in [0.717, 1.165) is 0 Å². The number of hydrogen-bond acceptors (Lipinski definition) is 3. The van der Waals surface area contributed by atoms with E-state index in [-0.39, 0.29) is 19.1 Å². The van der Waals surface area contributed by atoms with Crippen LogP contribution >= 0.6 is 12.6 Å². The summed E-state index contributed by atoms with van der Waals surface area (Å²) in [6.07, 6.45) is 0.145. The summed E-state index contributed by atoms with van der Waals surface area (Å²) in [6, 6.07) is 0. The maximum absolute atomic E-state index is 10.4. The van der Waals surface area contributed by atoms with E-state index in [1.807, 2.05) is 0 Å². The van der Waals surface area contributed by atoms with Crippen molar-refractivity contribution in [2.45, 2.75) is 18.9 Å². The van der Waals surface area contributed by atoms with Gasteiger partial charge in [0.1, 0.15) is 5.54 Å². The number of aliphatic carboxylic acids is 1. The molecule has 0 aromatic rings. The third-order valence-electron chi connectivity index (χ3n) is 1.15. The fourth-order valence-corrected chi connectivity index (χ4v) is 0.547. The van der Waals surface area contributed by atoms with Crippen LogP contribution in [0.1, 0.15) is 14.7 Å². The van der Waals surface area contributed by atoms with E-state index in [1.54, 1.807) is 0 Å². The van der Waals surface area contributed by atoms with Gasteiger partial charge in [-0.1, -0.05) is 6.90 Å². The molecule has 0 aliphatic heterocycles. The molecule has 1 atom stereocenters. The highest BCUT2D eigenvalue weighted by Crippen LogP contribution is 2.07. The Bertz CT molecular complexity index is 133. The molecule has 0 fully saturated rings. The third kappa shape index (κ3) is 1.87. The summed E-state index contributed by atoms with van der Waals surface area (Å²) < 4.78 is 6.78. The van der Waals surface area contributed by atoms with Gasteiger partial charge >= 0.3 is 5.97 Å². The fraction of sp³-hybridized carbons (Fsp3) is 0.800. The second-order valence-electron chi connectivity index (χ2n) is 1.87. The summed E-state index contributed by atoms with van der Waals surface area (Å²) in [5, 5.41) is 8.51. The second-order valence-corrected chi connectivity index (χ2v) is 2.19. The maximum atomic E-state index is 10.4. The molecule has 0 aromatic carbocycles. The molecule has 3 N–H and O–H groups in total. The number of nitrogens with two attached hydrogens (primary N) is 1. The molecule has 0 aliphatic rings. The average Bonchev–Trinajstić information content (AvgIpc) is 1.88. The van der Waals surface area contributed by atoms with Crippen molar-refractivity contribution in [2.75, 3.05) is 5.75 Å². The molecule has 0 aliphatic carbocycles. The summed E-state index contributed by atoms with van der Waals surface area (Å²) in [7, 11) is 0. The third-order valence-corrected chi connectivity index (χ3v) is 1.72. The number of carboxylic acid groups (broad SMARTS) is 1. The number of hydrogen-bond donors (Lipinski definition) is 3. The van der Waals surface area contributed by atoms with Gasteiger partial charge in [-0.2, -0.15) is 12.6 Å². The lowest BCUT2D eigenvalue weighted by Gasteiger charge is -2.19. The van der Waals surface area contributed by atoms with Crippen LogP contribution in [0.25, 0.3) is 0 Å². The van der Waals surface area contributed by atoms with E-state index in [1.165, 1.54) is 0 Å². The van der Waals surface area contributed by atoms with Crippen LogP contribution in [0.2, 0.25) is 0 Å². The van der Waals surface area contributed by atoms with E-state index >= 15 is 0 Å². The molecule has 0 rings (SSSR count). The van der Waals surface area contributed by atoms with Crippen LogP contribution in [0.3, 0.4) is 0 Å². The van der Waals surface area contributed by atoms with Crippen LogP contribution in [0, 0.1) is 0 Å². The zero-order valence-corrected chi connectivity index (χ0v) is 5.90. The predicted molar refractivity (Wildman–Crippen MR) is 38.7 cm³/mol. The lowest BCUT2D eigenvalue weighted by molar-refractivity contribution is -0.142. The quantitative estimate of drug-likeness (QED) is 0.500. The van der Waals surface area contributed by atoms with Gasteiger partial charge in [-0.15, -0.1) is 0 Å². The molecule has 0 bridgehead atoms. The lowest BCUT2D eigenvalue weighted by atomic mass is 10.0. The maximum Gasteiger partial charge on any atom is 0.324 e. The fourth-order valence-electron chi connectivity index (χ4n) is 0.254. The minimum atomic E-state index is -1.31. The first-order chi connectivity index (χ1) is 4.56. The summed E-state index contributed by atoms with van der Waals surface area (Å²) >= 11 is 3.79. The summed E-state index contributed by atoms with van der Waals surface area (Å²) in [5.74, 6) is -1.02. The van der Waals surface area contributed by atoms with Crippen LogP contribution in [-0.4, -0.2) is 22.4 Å². The Labute approximate surface area is 61.1 Å². The van der Waals surface area contributed by atoms with Gasteiger partial charge in [0.2, 0.25) is 0 Å². The topological polar surface area (TPSA) is 63.3 Å². The van der Waals surface area contributed by atoms with Gasteiger partial charge in [0.15, 0.2) is 0 Å². The monoisotopic (exact) mass is 150 g/mol. The Kier molecular flexibility index (Phi) is 2.36. The summed E-state index contributed by atoms with van der Waals surface area (Å²) in [6.45, 7) is 0.0172. The predicted octanol–water partition coefficient (Wildman–Crippen LogP) is 0.108. The smallest absolute Gasteiger partial charge is 0.324 e. The van der Waals surface area contributed by atoms with Gasteiger partial charge in [-0.05, 0) is 6.42 Å². The number of carboxylic acids is 1. The van der Waals surface area contributed by atoms with Crippen LogP contribution in [-0.2, 0) is 4.79 Å². The van der Waals surface area contributed by atoms with Gasteiger partial charge in [-0.3, -0.25) is 4.79 Å². The molecule has 54 valence electrons. The Morgan fingerprint density at radius 1 is 2.11 bits per heavy atom. The molecular weight excluding hydrogens is 138 g/mol. The Morgan fingerprint density at radius 3 is 2.78 bits per heavy atom. The van der Waals surface area contributed by atoms with Crippen LogP contribution < -0.4 is 5.73 Å². The molecule has 0 aromatic heterocycles. The SMILES string of the molecule is [2H]CC[C@](N)(CS)C(=O)O. The molecule has 0 spiro atoms. The minimum Gasteiger partial charge on any atom is -0.480 e. The summed E-state index contributed by atoms with van der Waals surface area (Å²) in [4.78, 5) is 10.4. The van der Waals surface area contributed by atoms with Gasteiger partial charge < -0.3 is 10.8 Å². The van der Waals surface area contributed by atoms with Crippen molar-refractivity contribution >= 4 is 18.6 Å². The first kappa shape index (κ1) is 6.89. The number of rotatable bonds is 3. The van der Waals surface area contributed by atoms with Crippen LogP contribution in [0.5, 0.6) is 0 Å². The molecular formula is C5H11NO2S. The number of thiol groups is 1. The molecule has 0 heterocycles. The van der Waals surface area contributed by atoms with E-state index in [2.05, 4.69) is 12.6 Å². The zero-order valence-electron chi connectivity index (χ0n) is 6.00. The van der Waals surface area contributed by atoms with Crippen LogP contribution in [0.4, 0.5) is 0 Å². The molecule has 0 saturated carbocycles. The first-order valence-electron chi connectivity index (χ1n) is 3.20. The van der Waals surface area contributed by atoms with E-state index in [0.29, 0.717) is 0 Å². The Balaban J connectivity index is 4.08. The van der Waals surface area contributed by atoms with Crippen molar-refractivity contribution in [3.63, 3.8) is 0 Å². The molecule has 0 saturated heterocycles. The molecule has 3 nitrogen and oxygen atoms in total. The van der Waals surface area contributed by atoms with E-state index < -0.39 is 11.5 Å². The minimum absolute atomic E-state index is 0.0172. The number of carbonyl (C=O) groups is 1. The van der Waals surface area contributed by atoms with Crippen molar-refractivity contribution in [3.8, 4) is 0 Å². The molecule has 0 amide bonds. The van der Waals surface area contributed by atoms with E-state index in [9.17, 15) is 4.79 Å². The largest absolute Gasteiger partial charge is 0.480 e. The van der Waals surface area contributed by atoms with Gasteiger partial charge in [0, 0.05) is 7.12 Å². The van der Waals surface area contributed by atoms with Crippen molar-refractivity contribution in [1.29, 1.82) is 0 Å². The van der Waals surface area contributed by atoms with Crippen molar-refractivity contribution in [1.82, 2.24) is 0 Å². The molecule has 4 heteroatoms. The second kappa shape index (κ2) is 3.08. The van der Waals surface area contributed by atoms with Crippen molar-refractivity contribution < 1.29 is 11.3 Å². The first-order valence-corrected chi connectivity index (χ1v) is 3.12. The van der Waals surface area contributed by atoms with Gasteiger partial charge in [0.25, 0.3) is 0 Å². The van der Waals surface area contributed by atoms with Gasteiger partial charge in [0.05, 0.1) is 0 Å².